The summed E-state index contributed by atoms with van der Waals surface area (Å²) in [4.78, 5) is 30.9. The van der Waals surface area contributed by atoms with Gasteiger partial charge in [0, 0.05) is 18.0 Å². The van der Waals surface area contributed by atoms with Gasteiger partial charge in [0.1, 0.15) is 23.8 Å². The second-order valence-electron chi connectivity index (χ2n) is 8.89. The molecular weight excluding hydrogens is 496 g/mol. The van der Waals surface area contributed by atoms with Crippen LogP contribution >= 0.6 is 11.3 Å². The average molecular weight is 525 g/mol. The molecule has 1 saturated heterocycles. The normalized spacial score (nSPS) is 16.1. The molecular formula is C25H28N6O5S. The number of carbonyl (C=O) groups is 2. The number of hydrogen-bond donors (Lipinski definition) is 1. The molecule has 1 N–H and O–H groups in total. The molecule has 0 spiro atoms. The minimum absolute atomic E-state index is 0.0348. The van der Waals surface area contributed by atoms with E-state index in [9.17, 15) is 9.59 Å². The lowest BCUT2D eigenvalue weighted by molar-refractivity contribution is -0.143. The van der Waals surface area contributed by atoms with E-state index in [4.69, 9.17) is 13.6 Å². The van der Waals surface area contributed by atoms with Gasteiger partial charge in [-0.25, -0.2) is 0 Å². The van der Waals surface area contributed by atoms with E-state index >= 15 is 0 Å². The minimum atomic E-state index is -0.986. The molecule has 0 aliphatic carbocycles. The highest BCUT2D eigenvalue weighted by Crippen LogP contribution is 2.27. The van der Waals surface area contributed by atoms with Crippen molar-refractivity contribution in [1.82, 2.24) is 30.4 Å². The molecule has 12 heteroatoms. The van der Waals surface area contributed by atoms with Crippen LogP contribution in [0.2, 0.25) is 0 Å². The zero-order valence-electron chi connectivity index (χ0n) is 20.6. The summed E-state index contributed by atoms with van der Waals surface area (Å²) in [6, 6.07) is 9.89. The summed E-state index contributed by atoms with van der Waals surface area (Å²) in [6.45, 7) is 4.68. The van der Waals surface area contributed by atoms with Crippen molar-refractivity contribution in [2.75, 3.05) is 13.2 Å². The van der Waals surface area contributed by atoms with Gasteiger partial charge in [0.05, 0.1) is 12.6 Å². The summed E-state index contributed by atoms with van der Waals surface area (Å²) in [5.74, 6) is 1.78. The number of aromatic nitrogens is 4. The van der Waals surface area contributed by atoms with Crippen LogP contribution < -0.4 is 5.32 Å². The highest BCUT2D eigenvalue weighted by Gasteiger charge is 2.35. The maximum absolute atomic E-state index is 13.7. The monoisotopic (exact) mass is 524 g/mol. The summed E-state index contributed by atoms with van der Waals surface area (Å²) in [7, 11) is 0. The summed E-state index contributed by atoms with van der Waals surface area (Å²) >= 11 is 1.50. The molecule has 0 unspecified atom stereocenters. The first-order valence-corrected chi connectivity index (χ1v) is 13.0. The SMILES string of the molecule is Cc1ccc(-c2nnn(CC(=O)N(Cc3cccs3)[C@H](C(=O)NC[C@@H]3CCCO3)c3ccc(C)o3)n2)o1. The van der Waals surface area contributed by atoms with Gasteiger partial charge in [-0.2, -0.15) is 4.80 Å². The molecule has 2 atom stereocenters. The van der Waals surface area contributed by atoms with Crippen LogP contribution in [0.1, 0.15) is 41.0 Å². The second-order valence-corrected chi connectivity index (χ2v) is 9.92. The van der Waals surface area contributed by atoms with Gasteiger partial charge in [0.25, 0.3) is 5.91 Å². The molecule has 0 radical (unpaired) electrons. The van der Waals surface area contributed by atoms with Crippen LogP contribution in [0.15, 0.2) is 50.6 Å². The topological polar surface area (TPSA) is 129 Å². The number of amides is 2. The molecule has 5 rings (SSSR count). The Balaban J connectivity index is 1.40. The fraction of sp³-hybridized carbons (Fsp3) is 0.400. The van der Waals surface area contributed by atoms with Gasteiger partial charge in [-0.05, 0) is 67.6 Å². The fourth-order valence-corrected chi connectivity index (χ4v) is 4.91. The molecule has 4 aromatic rings. The van der Waals surface area contributed by atoms with Crippen molar-refractivity contribution in [1.29, 1.82) is 0 Å². The maximum Gasteiger partial charge on any atom is 0.250 e. The predicted molar refractivity (Wildman–Crippen MR) is 133 cm³/mol. The molecule has 194 valence electrons. The van der Waals surface area contributed by atoms with E-state index in [1.165, 1.54) is 21.0 Å². The number of aryl methyl sites for hydroxylation is 2. The second kappa shape index (κ2) is 11.1. The van der Waals surface area contributed by atoms with Gasteiger partial charge >= 0.3 is 0 Å². The van der Waals surface area contributed by atoms with E-state index in [-0.39, 0.29) is 36.8 Å². The van der Waals surface area contributed by atoms with Gasteiger partial charge < -0.3 is 23.8 Å². The minimum Gasteiger partial charge on any atom is -0.464 e. The third-order valence-corrected chi connectivity index (χ3v) is 6.90. The predicted octanol–water partition coefficient (Wildman–Crippen LogP) is 3.27. The van der Waals surface area contributed by atoms with Crippen molar-refractivity contribution in [3.05, 3.63) is 63.9 Å². The average Bonchev–Trinajstić information content (AvgIpc) is 3.69. The molecule has 0 bridgehead atoms. The molecule has 5 heterocycles. The number of nitrogens with zero attached hydrogens (tertiary/aromatic N) is 5. The Morgan fingerprint density at radius 2 is 2.03 bits per heavy atom. The number of ether oxygens (including phenoxy) is 1. The number of tetrazole rings is 1. The first-order valence-electron chi connectivity index (χ1n) is 12.1. The van der Waals surface area contributed by atoms with E-state index in [0.717, 1.165) is 23.5 Å². The molecule has 1 aliphatic rings. The molecule has 4 aromatic heterocycles. The molecule has 0 aromatic carbocycles. The number of thiophene rings is 1. The molecule has 2 amide bonds. The summed E-state index contributed by atoms with van der Waals surface area (Å²) in [5, 5.41) is 17.2. The van der Waals surface area contributed by atoms with Crippen molar-refractivity contribution in [2.45, 2.75) is 51.9 Å². The largest absolute Gasteiger partial charge is 0.464 e. The molecule has 11 nitrogen and oxygen atoms in total. The molecule has 37 heavy (non-hydrogen) atoms. The summed E-state index contributed by atoms with van der Waals surface area (Å²) < 4.78 is 17.1. The third kappa shape index (κ3) is 5.97. The Bertz CT molecular complexity index is 1340. The van der Waals surface area contributed by atoms with Gasteiger partial charge in [-0.3, -0.25) is 9.59 Å². The Morgan fingerprint density at radius 1 is 1.19 bits per heavy atom. The van der Waals surface area contributed by atoms with Crippen molar-refractivity contribution in [2.24, 2.45) is 0 Å². The molecule has 1 fully saturated rings. The molecule has 0 saturated carbocycles. The molecule has 1 aliphatic heterocycles. The van der Waals surface area contributed by atoms with Crippen molar-refractivity contribution >= 4 is 23.2 Å². The van der Waals surface area contributed by atoms with Crippen LogP contribution in [0.5, 0.6) is 0 Å². The van der Waals surface area contributed by atoms with Crippen LogP contribution in [0, 0.1) is 13.8 Å². The van der Waals surface area contributed by atoms with Gasteiger partial charge in [0.15, 0.2) is 11.8 Å². The third-order valence-electron chi connectivity index (χ3n) is 6.04. The summed E-state index contributed by atoms with van der Waals surface area (Å²) in [5.41, 5.74) is 0. The lowest BCUT2D eigenvalue weighted by atomic mass is 10.1. The van der Waals surface area contributed by atoms with E-state index in [0.29, 0.717) is 30.4 Å². The van der Waals surface area contributed by atoms with Crippen molar-refractivity contribution in [3.8, 4) is 11.6 Å². The number of carbonyl (C=O) groups excluding carboxylic acids is 2. The quantitative estimate of drug-likeness (QED) is 0.335. The van der Waals surface area contributed by atoms with Gasteiger partial charge in [-0.1, -0.05) is 6.07 Å². The number of furan rings is 2. The van der Waals surface area contributed by atoms with Crippen LogP contribution in [0.25, 0.3) is 11.6 Å². The first-order chi connectivity index (χ1) is 18.0. The Morgan fingerprint density at radius 3 is 2.70 bits per heavy atom. The highest BCUT2D eigenvalue weighted by atomic mass is 32.1. The van der Waals surface area contributed by atoms with Crippen LogP contribution in [0.4, 0.5) is 0 Å². The first kappa shape index (κ1) is 24.9. The summed E-state index contributed by atoms with van der Waals surface area (Å²) in [6.07, 6.45) is 1.82. The zero-order valence-corrected chi connectivity index (χ0v) is 21.4. The van der Waals surface area contributed by atoms with E-state index < -0.39 is 6.04 Å². The lowest BCUT2D eigenvalue weighted by Crippen LogP contribution is -2.46. The standard InChI is InChI=1S/C25H28N6O5S/c1-16-7-9-20(35-16)23(25(33)26-13-18-5-3-11-34-18)30(14-19-6-4-12-37-19)22(32)15-31-28-24(27-29-31)21-10-8-17(2)36-21/h4,6-10,12,18,23H,3,5,11,13-15H2,1-2H3,(H,26,33)/t18-,23-/m0/s1. The smallest absolute Gasteiger partial charge is 0.250 e. The fourth-order valence-electron chi connectivity index (χ4n) is 4.21. The van der Waals surface area contributed by atoms with Gasteiger partial charge in [0.2, 0.25) is 11.7 Å². The van der Waals surface area contributed by atoms with Crippen molar-refractivity contribution < 1.29 is 23.2 Å². The Labute approximate surface area is 217 Å². The number of nitrogens with one attached hydrogen (secondary N) is 1. The Kier molecular flexibility index (Phi) is 7.47. The number of rotatable bonds is 10. The van der Waals surface area contributed by atoms with E-state index in [2.05, 4.69) is 20.7 Å². The lowest BCUT2D eigenvalue weighted by Gasteiger charge is -2.29. The van der Waals surface area contributed by atoms with Crippen LogP contribution in [-0.4, -0.2) is 56.2 Å². The Hall–Kier alpha value is -3.77. The maximum atomic E-state index is 13.7. The number of hydrogen-bond acceptors (Lipinski definition) is 9. The highest BCUT2D eigenvalue weighted by molar-refractivity contribution is 7.09. The van der Waals surface area contributed by atoms with Crippen molar-refractivity contribution in [3.63, 3.8) is 0 Å². The zero-order chi connectivity index (χ0) is 25.8. The van der Waals surface area contributed by atoms with E-state index in [1.54, 1.807) is 31.2 Å². The van der Waals surface area contributed by atoms with E-state index in [1.807, 2.05) is 24.4 Å². The van der Waals surface area contributed by atoms with Crippen LogP contribution in [-0.2, 0) is 27.4 Å². The van der Waals surface area contributed by atoms with Gasteiger partial charge in [-0.15, -0.1) is 21.5 Å². The van der Waals surface area contributed by atoms with Crippen LogP contribution in [0.3, 0.4) is 0 Å².